The molecule has 1 aliphatic carbocycles. The van der Waals surface area contributed by atoms with Crippen LogP contribution in [-0.4, -0.2) is 23.0 Å². The maximum atomic E-state index is 11.0. The van der Waals surface area contributed by atoms with Crippen LogP contribution in [0.3, 0.4) is 0 Å². The number of nitrogens with one attached hydrogen (secondary N) is 2. The number of allylic oxidation sites excluding steroid dienone is 7. The normalized spacial score (nSPS) is 18.0. The molecule has 1 rings (SSSR count). The van der Waals surface area contributed by atoms with Crippen LogP contribution in [0.25, 0.3) is 0 Å². The average molecular weight is 375 g/mol. The summed E-state index contributed by atoms with van der Waals surface area (Å²) in [5, 5.41) is 19.1. The zero-order valence-corrected chi connectivity index (χ0v) is 17.3. The second kappa shape index (κ2) is 11.4. The third kappa shape index (κ3) is 7.85. The predicted octanol–water partition coefficient (Wildman–Crippen LogP) is 6.10. The number of ether oxygens (including phenoxy) is 1. The molecular formula is C22H34N2O3. The topological polar surface area (TPSA) is 82.4 Å². The van der Waals surface area contributed by atoms with Crippen molar-refractivity contribution in [3.8, 4) is 0 Å². The SMILES string of the molecule is CC/C=C(C)/C(=C\C=C(C)\C(C)=C(/NC(=O)O)C(C)=N)OC1CCCCC1. The Morgan fingerprint density at radius 1 is 1.11 bits per heavy atom. The molecule has 0 aromatic heterocycles. The third-order valence-electron chi connectivity index (χ3n) is 4.80. The summed E-state index contributed by atoms with van der Waals surface area (Å²) in [4.78, 5) is 11.0. The molecule has 5 heteroatoms. The molecule has 0 atom stereocenters. The van der Waals surface area contributed by atoms with Crippen molar-refractivity contribution in [3.05, 3.63) is 46.4 Å². The fraction of sp³-hybridized carbons (Fsp3) is 0.545. The van der Waals surface area contributed by atoms with Crippen LogP contribution in [0, 0.1) is 5.41 Å². The first kappa shape index (κ1) is 22.7. The highest BCUT2D eigenvalue weighted by molar-refractivity contribution is 5.99. The highest BCUT2D eigenvalue weighted by atomic mass is 16.5. The lowest BCUT2D eigenvalue weighted by molar-refractivity contribution is 0.0874. The molecule has 1 fully saturated rings. The molecule has 0 aromatic rings. The van der Waals surface area contributed by atoms with E-state index in [1.807, 2.05) is 26.0 Å². The van der Waals surface area contributed by atoms with E-state index in [1.165, 1.54) is 19.3 Å². The Morgan fingerprint density at radius 3 is 2.26 bits per heavy atom. The van der Waals surface area contributed by atoms with Crippen LogP contribution in [-0.2, 0) is 4.74 Å². The van der Waals surface area contributed by atoms with Gasteiger partial charge in [0.2, 0.25) is 0 Å². The van der Waals surface area contributed by atoms with Gasteiger partial charge in [-0.25, -0.2) is 4.79 Å². The minimum Gasteiger partial charge on any atom is -0.490 e. The molecule has 0 saturated heterocycles. The number of hydrogen-bond donors (Lipinski definition) is 3. The molecule has 0 unspecified atom stereocenters. The molecule has 0 heterocycles. The van der Waals surface area contributed by atoms with E-state index in [0.717, 1.165) is 41.7 Å². The van der Waals surface area contributed by atoms with Gasteiger partial charge in [0, 0.05) is 0 Å². The third-order valence-corrected chi connectivity index (χ3v) is 4.80. The lowest BCUT2D eigenvalue weighted by Crippen LogP contribution is -2.25. The molecule has 3 N–H and O–H groups in total. The average Bonchev–Trinajstić information content (AvgIpc) is 2.62. The minimum absolute atomic E-state index is 0.187. The molecule has 150 valence electrons. The Kier molecular flexibility index (Phi) is 9.62. The Labute approximate surface area is 163 Å². The van der Waals surface area contributed by atoms with Crippen molar-refractivity contribution >= 4 is 11.8 Å². The van der Waals surface area contributed by atoms with E-state index >= 15 is 0 Å². The smallest absolute Gasteiger partial charge is 0.409 e. The van der Waals surface area contributed by atoms with Gasteiger partial charge in [0.25, 0.3) is 0 Å². The molecule has 0 spiro atoms. The van der Waals surface area contributed by atoms with Gasteiger partial charge in [0.15, 0.2) is 0 Å². The Hall–Kier alpha value is -2.30. The van der Waals surface area contributed by atoms with Gasteiger partial charge in [-0.15, -0.1) is 0 Å². The Bertz CT molecular complexity index is 663. The fourth-order valence-corrected chi connectivity index (χ4v) is 3.13. The number of carboxylic acid groups (broad SMARTS) is 1. The summed E-state index contributed by atoms with van der Waals surface area (Å²) < 4.78 is 6.29. The molecule has 1 saturated carbocycles. The summed E-state index contributed by atoms with van der Waals surface area (Å²) in [6.07, 6.45) is 12.0. The van der Waals surface area contributed by atoms with Crippen molar-refractivity contribution in [2.45, 2.75) is 79.2 Å². The van der Waals surface area contributed by atoms with Crippen LogP contribution in [0.1, 0.15) is 73.1 Å². The second-order valence-corrected chi connectivity index (χ2v) is 7.11. The maximum absolute atomic E-state index is 11.0. The number of rotatable bonds is 8. The van der Waals surface area contributed by atoms with Gasteiger partial charge in [-0.3, -0.25) is 5.32 Å². The van der Waals surface area contributed by atoms with Crippen molar-refractivity contribution in [1.29, 1.82) is 5.41 Å². The molecule has 0 aromatic carbocycles. The van der Waals surface area contributed by atoms with E-state index in [4.69, 9.17) is 15.3 Å². The van der Waals surface area contributed by atoms with E-state index in [0.29, 0.717) is 5.70 Å². The van der Waals surface area contributed by atoms with Crippen LogP contribution < -0.4 is 5.32 Å². The summed E-state index contributed by atoms with van der Waals surface area (Å²) in [5.74, 6) is 0.871. The van der Waals surface area contributed by atoms with E-state index < -0.39 is 6.09 Å². The van der Waals surface area contributed by atoms with Crippen LogP contribution in [0.2, 0.25) is 0 Å². The van der Waals surface area contributed by atoms with Crippen molar-refractivity contribution in [2.24, 2.45) is 0 Å². The molecular weight excluding hydrogens is 340 g/mol. The summed E-state index contributed by atoms with van der Waals surface area (Å²) >= 11 is 0. The number of amides is 1. The first-order chi connectivity index (χ1) is 12.8. The number of hydrogen-bond acceptors (Lipinski definition) is 3. The molecule has 1 aliphatic rings. The van der Waals surface area contributed by atoms with Crippen LogP contribution in [0.15, 0.2) is 46.4 Å². The first-order valence-electron chi connectivity index (χ1n) is 9.75. The van der Waals surface area contributed by atoms with E-state index in [-0.39, 0.29) is 11.8 Å². The quantitative estimate of drug-likeness (QED) is 0.272. The zero-order chi connectivity index (χ0) is 20.4. The summed E-state index contributed by atoms with van der Waals surface area (Å²) in [6, 6.07) is 0. The molecule has 0 bridgehead atoms. The van der Waals surface area contributed by atoms with Gasteiger partial charge in [0.1, 0.15) is 5.76 Å². The summed E-state index contributed by atoms with van der Waals surface area (Å²) in [7, 11) is 0. The number of carbonyl (C=O) groups is 1. The minimum atomic E-state index is -1.16. The van der Waals surface area contributed by atoms with Gasteiger partial charge < -0.3 is 15.3 Å². The first-order valence-corrected chi connectivity index (χ1v) is 9.75. The maximum Gasteiger partial charge on any atom is 0.409 e. The Morgan fingerprint density at radius 2 is 1.74 bits per heavy atom. The van der Waals surface area contributed by atoms with Gasteiger partial charge >= 0.3 is 6.09 Å². The standard InChI is InChI=1S/C22H34N2O3/c1-6-10-16(3)20(27-19-11-8-7-9-12-19)14-13-15(2)17(4)21(18(5)23)24-22(25)26/h10,13-14,19,23-24H,6-9,11-12H2,1-5H3,(H,25,26)/b15-13+,16-10+,20-14+,21-17-,23-18?. The van der Waals surface area contributed by atoms with Crippen LogP contribution >= 0.6 is 0 Å². The molecule has 5 nitrogen and oxygen atoms in total. The molecule has 27 heavy (non-hydrogen) atoms. The highest BCUT2D eigenvalue weighted by Gasteiger charge is 2.16. The summed E-state index contributed by atoms with van der Waals surface area (Å²) in [5.41, 5.74) is 3.24. The van der Waals surface area contributed by atoms with Crippen molar-refractivity contribution in [1.82, 2.24) is 5.32 Å². The lowest BCUT2D eigenvalue weighted by Gasteiger charge is -2.25. The van der Waals surface area contributed by atoms with E-state index in [2.05, 4.69) is 25.2 Å². The molecule has 1 amide bonds. The fourth-order valence-electron chi connectivity index (χ4n) is 3.13. The van der Waals surface area contributed by atoms with Crippen LogP contribution in [0.5, 0.6) is 0 Å². The van der Waals surface area contributed by atoms with Crippen molar-refractivity contribution in [2.75, 3.05) is 0 Å². The monoisotopic (exact) mass is 374 g/mol. The zero-order valence-electron chi connectivity index (χ0n) is 17.3. The van der Waals surface area contributed by atoms with Gasteiger partial charge in [-0.1, -0.05) is 25.5 Å². The van der Waals surface area contributed by atoms with Crippen molar-refractivity contribution in [3.63, 3.8) is 0 Å². The molecule has 0 aliphatic heterocycles. The Balaban J connectivity index is 3.14. The van der Waals surface area contributed by atoms with E-state index in [9.17, 15) is 4.79 Å². The largest absolute Gasteiger partial charge is 0.490 e. The van der Waals surface area contributed by atoms with Gasteiger partial charge in [0.05, 0.1) is 17.5 Å². The highest BCUT2D eigenvalue weighted by Crippen LogP contribution is 2.25. The lowest BCUT2D eigenvalue weighted by atomic mass is 9.97. The van der Waals surface area contributed by atoms with Gasteiger partial charge in [-0.05, 0) is 82.6 Å². The molecule has 0 radical (unpaired) electrons. The summed E-state index contributed by atoms with van der Waals surface area (Å²) in [6.45, 7) is 9.47. The van der Waals surface area contributed by atoms with Crippen molar-refractivity contribution < 1.29 is 14.6 Å². The van der Waals surface area contributed by atoms with E-state index in [1.54, 1.807) is 6.92 Å². The predicted molar refractivity (Wildman–Crippen MR) is 111 cm³/mol. The van der Waals surface area contributed by atoms with Gasteiger partial charge in [-0.2, -0.15) is 0 Å². The second-order valence-electron chi connectivity index (χ2n) is 7.11. The van der Waals surface area contributed by atoms with Crippen LogP contribution in [0.4, 0.5) is 4.79 Å².